The third kappa shape index (κ3) is 7.32. The molecular weight excluding hydrogens is 504 g/mol. The number of methoxy groups -OCH3 is 1. The number of hydrogen-bond donors (Lipinski definition) is 1. The number of benzene rings is 2. The van der Waals surface area contributed by atoms with Crippen molar-refractivity contribution in [2.75, 3.05) is 27.1 Å². The van der Waals surface area contributed by atoms with Crippen molar-refractivity contribution >= 4 is 0 Å². The molecule has 0 spiro atoms. The van der Waals surface area contributed by atoms with Crippen molar-refractivity contribution in [2.24, 2.45) is 11.8 Å². The summed E-state index contributed by atoms with van der Waals surface area (Å²) >= 11 is 0. The van der Waals surface area contributed by atoms with Crippen molar-refractivity contribution < 1.29 is 41.6 Å². The van der Waals surface area contributed by atoms with Gasteiger partial charge >= 0.3 is 0 Å². The third-order valence-electron chi connectivity index (χ3n) is 7.04. The lowest BCUT2D eigenvalue weighted by molar-refractivity contribution is 0.0449. The molecule has 2 aromatic rings. The van der Waals surface area contributed by atoms with E-state index in [2.05, 4.69) is 6.92 Å². The maximum atomic E-state index is 15.1. The highest BCUT2D eigenvalue weighted by Gasteiger charge is 2.30. The van der Waals surface area contributed by atoms with E-state index in [1.807, 2.05) is 6.92 Å². The second kappa shape index (κ2) is 14.6. The molecule has 212 valence electrons. The van der Waals surface area contributed by atoms with Gasteiger partial charge in [0.25, 0.3) is 0 Å². The van der Waals surface area contributed by atoms with E-state index in [0.29, 0.717) is 12.3 Å². The van der Waals surface area contributed by atoms with Gasteiger partial charge in [0.05, 0.1) is 13.2 Å². The fourth-order valence-electron chi connectivity index (χ4n) is 4.84. The van der Waals surface area contributed by atoms with Gasteiger partial charge in [-0.3, -0.25) is 0 Å². The number of unbranched alkanes of at least 4 members (excludes halogenated alkanes) is 1. The average Bonchev–Trinajstić information content (AvgIpc) is 2.92. The van der Waals surface area contributed by atoms with Gasteiger partial charge in [-0.05, 0) is 49.3 Å². The van der Waals surface area contributed by atoms with Gasteiger partial charge in [-0.2, -0.15) is 13.2 Å². The summed E-state index contributed by atoms with van der Waals surface area (Å²) in [6.07, 6.45) is 5.88. The largest absolute Gasteiger partial charge is 0.490 e. The Morgan fingerprint density at radius 1 is 0.816 bits per heavy atom. The van der Waals surface area contributed by atoms with Crippen LogP contribution in [0.2, 0.25) is 0 Å². The predicted octanol–water partition coefficient (Wildman–Crippen LogP) is 7.47. The number of aliphatic hydroxyl groups excluding tert-OH is 1. The van der Waals surface area contributed by atoms with Gasteiger partial charge in [-0.25, -0.2) is 4.39 Å². The Kier molecular flexibility index (Phi) is 11.5. The van der Waals surface area contributed by atoms with Crippen LogP contribution in [0.4, 0.5) is 17.6 Å². The third-order valence-corrected chi connectivity index (χ3v) is 7.04. The van der Waals surface area contributed by atoms with Gasteiger partial charge < -0.3 is 24.1 Å². The van der Waals surface area contributed by atoms with Crippen LogP contribution in [0.3, 0.4) is 0 Å². The van der Waals surface area contributed by atoms with Gasteiger partial charge in [-0.1, -0.05) is 46.0 Å². The fourth-order valence-corrected chi connectivity index (χ4v) is 4.84. The van der Waals surface area contributed by atoms with Gasteiger partial charge in [0, 0.05) is 18.2 Å². The summed E-state index contributed by atoms with van der Waals surface area (Å²) in [6, 6.07) is 3.40. The molecule has 1 aliphatic rings. The first kappa shape index (κ1) is 30.0. The van der Waals surface area contributed by atoms with Crippen LogP contribution in [0.1, 0.15) is 82.4 Å². The van der Waals surface area contributed by atoms with Crippen LogP contribution in [0.25, 0.3) is 0 Å². The number of halogens is 4. The Balaban J connectivity index is 1.87. The van der Waals surface area contributed by atoms with Crippen LogP contribution in [0.5, 0.6) is 17.2 Å². The van der Waals surface area contributed by atoms with E-state index in [1.54, 1.807) is 0 Å². The first-order valence-corrected chi connectivity index (χ1v) is 13.4. The van der Waals surface area contributed by atoms with Gasteiger partial charge in [-0.15, -0.1) is 0 Å². The maximum absolute atomic E-state index is 15.1. The van der Waals surface area contributed by atoms with Gasteiger partial charge in [0.2, 0.25) is 17.5 Å². The Bertz CT molecular complexity index is 1040. The molecule has 1 unspecified atom stereocenters. The maximum Gasteiger partial charge on any atom is 0.205 e. The van der Waals surface area contributed by atoms with E-state index in [-0.39, 0.29) is 30.4 Å². The second-order valence-electron chi connectivity index (χ2n) is 9.84. The highest BCUT2D eigenvalue weighted by atomic mass is 19.2. The molecule has 9 heteroatoms. The molecule has 2 aromatic carbocycles. The SMILES string of the molecule is CCCCOc1ccc(C(O)c2cc(OCC3CCC(CCC)CC3)c(F)c(F)c2OCOC)c(F)c1F. The molecule has 1 N–H and O–H groups in total. The molecule has 0 radical (unpaired) electrons. The van der Waals surface area contributed by atoms with E-state index >= 15 is 4.39 Å². The van der Waals surface area contributed by atoms with Crippen LogP contribution >= 0.6 is 0 Å². The Hall–Kier alpha value is -2.52. The second-order valence-corrected chi connectivity index (χ2v) is 9.84. The van der Waals surface area contributed by atoms with Crippen molar-refractivity contribution in [2.45, 2.75) is 71.3 Å². The predicted molar refractivity (Wildman–Crippen MR) is 136 cm³/mol. The monoisotopic (exact) mass is 542 g/mol. The van der Waals surface area contributed by atoms with Crippen LogP contribution in [0, 0.1) is 35.1 Å². The van der Waals surface area contributed by atoms with Crippen molar-refractivity contribution in [3.8, 4) is 17.2 Å². The molecular formula is C29H38F4O5. The average molecular weight is 543 g/mol. The Morgan fingerprint density at radius 3 is 2.16 bits per heavy atom. The van der Waals surface area contributed by atoms with Crippen molar-refractivity contribution in [1.29, 1.82) is 0 Å². The minimum Gasteiger partial charge on any atom is -0.490 e. The molecule has 0 heterocycles. The molecule has 1 saturated carbocycles. The van der Waals surface area contributed by atoms with E-state index in [4.69, 9.17) is 18.9 Å². The summed E-state index contributed by atoms with van der Waals surface area (Å²) in [5.41, 5.74) is -0.806. The Labute approximate surface area is 222 Å². The van der Waals surface area contributed by atoms with E-state index in [1.165, 1.54) is 19.6 Å². The molecule has 1 aliphatic carbocycles. The lowest BCUT2D eigenvalue weighted by atomic mass is 9.80. The lowest BCUT2D eigenvalue weighted by Gasteiger charge is -2.28. The highest BCUT2D eigenvalue weighted by Crippen LogP contribution is 2.40. The van der Waals surface area contributed by atoms with Crippen LogP contribution in [-0.2, 0) is 4.74 Å². The summed E-state index contributed by atoms with van der Waals surface area (Å²) in [7, 11) is 1.28. The zero-order valence-electron chi connectivity index (χ0n) is 22.3. The molecule has 38 heavy (non-hydrogen) atoms. The normalized spacial score (nSPS) is 18.3. The van der Waals surface area contributed by atoms with Crippen LogP contribution in [-0.4, -0.2) is 32.2 Å². The number of ether oxygens (including phenoxy) is 4. The molecule has 1 atom stereocenters. The molecule has 5 nitrogen and oxygen atoms in total. The zero-order valence-corrected chi connectivity index (χ0v) is 22.3. The Morgan fingerprint density at radius 2 is 1.50 bits per heavy atom. The van der Waals surface area contributed by atoms with Gasteiger partial charge in [0.15, 0.2) is 29.9 Å². The van der Waals surface area contributed by atoms with E-state index < -0.39 is 53.2 Å². The fraction of sp³-hybridized carbons (Fsp3) is 0.586. The molecule has 0 aromatic heterocycles. The molecule has 0 aliphatic heterocycles. The summed E-state index contributed by atoms with van der Waals surface area (Å²) in [5.74, 6) is -5.89. The first-order valence-electron chi connectivity index (χ1n) is 13.4. The standard InChI is InChI=1S/C29H38F4O5/c1-4-6-14-36-22-13-12-20(24(30)25(22)31)28(34)21-15-23(26(32)27(33)29(21)38-17-35-3)37-16-19-10-8-18(7-5-2)9-11-19/h12-13,15,18-19,28,34H,4-11,14,16-17H2,1-3H3. The quantitative estimate of drug-likeness (QED) is 0.152. The molecule has 0 saturated heterocycles. The molecule has 3 rings (SSSR count). The van der Waals surface area contributed by atoms with Crippen LogP contribution < -0.4 is 14.2 Å². The highest BCUT2D eigenvalue weighted by molar-refractivity contribution is 5.48. The van der Waals surface area contributed by atoms with E-state index in [9.17, 15) is 18.3 Å². The summed E-state index contributed by atoms with van der Waals surface area (Å²) in [5, 5.41) is 11.0. The van der Waals surface area contributed by atoms with Crippen molar-refractivity contribution in [1.82, 2.24) is 0 Å². The number of aliphatic hydroxyl groups is 1. The number of rotatable bonds is 14. The zero-order chi connectivity index (χ0) is 27.7. The topological polar surface area (TPSA) is 57.2 Å². The summed E-state index contributed by atoms with van der Waals surface area (Å²) in [4.78, 5) is 0. The molecule has 0 bridgehead atoms. The van der Waals surface area contributed by atoms with Gasteiger partial charge in [0.1, 0.15) is 6.10 Å². The van der Waals surface area contributed by atoms with Crippen LogP contribution in [0.15, 0.2) is 18.2 Å². The lowest BCUT2D eigenvalue weighted by Crippen LogP contribution is -2.20. The smallest absolute Gasteiger partial charge is 0.205 e. The number of hydrogen-bond acceptors (Lipinski definition) is 5. The minimum absolute atomic E-state index is 0.176. The first-order chi connectivity index (χ1) is 18.3. The summed E-state index contributed by atoms with van der Waals surface area (Å²) in [6.45, 7) is 4.01. The van der Waals surface area contributed by atoms with E-state index in [0.717, 1.165) is 50.7 Å². The van der Waals surface area contributed by atoms with Crippen molar-refractivity contribution in [3.63, 3.8) is 0 Å². The molecule has 1 fully saturated rings. The minimum atomic E-state index is -1.89. The van der Waals surface area contributed by atoms with Crippen molar-refractivity contribution in [3.05, 3.63) is 52.6 Å². The molecule has 0 amide bonds. The summed E-state index contributed by atoms with van der Waals surface area (Å²) < 4.78 is 80.6.